The Bertz CT molecular complexity index is 722. The van der Waals surface area contributed by atoms with Crippen molar-refractivity contribution in [1.82, 2.24) is 10.6 Å². The Hall–Kier alpha value is -2.07. The van der Waals surface area contributed by atoms with E-state index in [0.29, 0.717) is 18.2 Å². The number of nitrogens with one attached hydrogen (secondary N) is 2. The van der Waals surface area contributed by atoms with Crippen LogP contribution in [0.25, 0.3) is 10.8 Å². The number of ether oxygens (including phenoxy) is 1. The van der Waals surface area contributed by atoms with Gasteiger partial charge in [0.1, 0.15) is 0 Å². The van der Waals surface area contributed by atoms with Crippen molar-refractivity contribution < 1.29 is 4.74 Å². The van der Waals surface area contributed by atoms with Gasteiger partial charge in [-0.1, -0.05) is 42.5 Å². The van der Waals surface area contributed by atoms with Crippen molar-refractivity contribution in [3.8, 4) is 0 Å². The molecule has 0 spiro atoms. The van der Waals surface area contributed by atoms with Crippen LogP contribution in [0.15, 0.2) is 47.5 Å². The van der Waals surface area contributed by atoms with Gasteiger partial charge in [-0.05, 0) is 35.6 Å². The van der Waals surface area contributed by atoms with Gasteiger partial charge in [0.2, 0.25) is 0 Å². The first kappa shape index (κ1) is 14.5. The molecule has 120 valence electrons. The van der Waals surface area contributed by atoms with E-state index in [2.05, 4.69) is 58.1 Å². The molecule has 2 aliphatic heterocycles. The minimum Gasteiger partial charge on any atom is -0.373 e. The Morgan fingerprint density at radius 2 is 2.04 bits per heavy atom. The smallest absolute Gasteiger partial charge is 0.191 e. The molecule has 2 aliphatic rings. The minimum absolute atomic E-state index is 0.358. The molecule has 4 heteroatoms. The Morgan fingerprint density at radius 3 is 2.83 bits per heavy atom. The number of benzene rings is 2. The molecule has 2 saturated heterocycles. The van der Waals surface area contributed by atoms with Crippen LogP contribution in [0, 0.1) is 0 Å². The molecule has 2 bridgehead atoms. The first-order valence-corrected chi connectivity index (χ1v) is 8.43. The van der Waals surface area contributed by atoms with E-state index >= 15 is 0 Å². The van der Waals surface area contributed by atoms with Gasteiger partial charge >= 0.3 is 0 Å². The summed E-state index contributed by atoms with van der Waals surface area (Å²) in [5.41, 5.74) is 1.29. The van der Waals surface area contributed by atoms with Crippen LogP contribution in [0.2, 0.25) is 0 Å². The van der Waals surface area contributed by atoms with Crippen LogP contribution < -0.4 is 10.6 Å². The Labute approximate surface area is 136 Å². The first-order chi connectivity index (χ1) is 11.3. The van der Waals surface area contributed by atoms with Gasteiger partial charge in [-0.3, -0.25) is 4.99 Å². The number of fused-ring (bicyclic) bond motifs is 3. The number of rotatable bonds is 3. The van der Waals surface area contributed by atoms with Gasteiger partial charge in [-0.15, -0.1) is 0 Å². The van der Waals surface area contributed by atoms with Crippen molar-refractivity contribution in [2.24, 2.45) is 4.99 Å². The summed E-state index contributed by atoms with van der Waals surface area (Å²) < 4.78 is 5.91. The van der Waals surface area contributed by atoms with Gasteiger partial charge in [0, 0.05) is 13.6 Å². The predicted molar refractivity (Wildman–Crippen MR) is 93.6 cm³/mol. The zero-order valence-corrected chi connectivity index (χ0v) is 13.5. The van der Waals surface area contributed by atoms with E-state index in [1.807, 2.05) is 7.05 Å². The van der Waals surface area contributed by atoms with Gasteiger partial charge in [-0.2, -0.15) is 0 Å². The average Bonchev–Trinajstić information content (AvgIpc) is 3.21. The molecule has 2 aromatic rings. The largest absolute Gasteiger partial charge is 0.373 e. The Morgan fingerprint density at radius 1 is 1.17 bits per heavy atom. The monoisotopic (exact) mass is 309 g/mol. The number of aliphatic imine (C=N–C) groups is 1. The summed E-state index contributed by atoms with van der Waals surface area (Å²) in [4.78, 5) is 4.37. The van der Waals surface area contributed by atoms with Gasteiger partial charge < -0.3 is 15.4 Å². The quantitative estimate of drug-likeness (QED) is 0.677. The van der Waals surface area contributed by atoms with E-state index in [0.717, 1.165) is 18.9 Å². The van der Waals surface area contributed by atoms with Crippen molar-refractivity contribution in [3.63, 3.8) is 0 Å². The van der Waals surface area contributed by atoms with Crippen LogP contribution in [0.3, 0.4) is 0 Å². The highest BCUT2D eigenvalue weighted by atomic mass is 16.5. The fourth-order valence-electron chi connectivity index (χ4n) is 3.79. The van der Waals surface area contributed by atoms with Gasteiger partial charge in [0.25, 0.3) is 0 Å². The summed E-state index contributed by atoms with van der Waals surface area (Å²) in [7, 11) is 1.83. The van der Waals surface area contributed by atoms with Crippen LogP contribution in [-0.2, 0) is 11.3 Å². The van der Waals surface area contributed by atoms with Crippen LogP contribution in [0.5, 0.6) is 0 Å². The zero-order valence-electron chi connectivity index (χ0n) is 13.5. The summed E-state index contributed by atoms with van der Waals surface area (Å²) in [5, 5.41) is 9.54. The number of hydrogen-bond donors (Lipinski definition) is 2. The maximum absolute atomic E-state index is 5.91. The van der Waals surface area contributed by atoms with Crippen molar-refractivity contribution in [2.75, 3.05) is 7.05 Å². The summed E-state index contributed by atoms with van der Waals surface area (Å²) in [6.45, 7) is 0.767. The van der Waals surface area contributed by atoms with E-state index in [1.54, 1.807) is 0 Å². The lowest BCUT2D eigenvalue weighted by Gasteiger charge is -2.22. The van der Waals surface area contributed by atoms with E-state index in [4.69, 9.17) is 4.74 Å². The average molecular weight is 309 g/mol. The molecule has 0 aromatic heterocycles. The van der Waals surface area contributed by atoms with Crippen molar-refractivity contribution in [1.29, 1.82) is 0 Å². The molecule has 2 fully saturated rings. The first-order valence-electron chi connectivity index (χ1n) is 8.43. The Balaban J connectivity index is 1.42. The molecule has 0 radical (unpaired) electrons. The fraction of sp³-hybridized carbons (Fsp3) is 0.421. The number of hydrogen-bond acceptors (Lipinski definition) is 2. The second-order valence-corrected chi connectivity index (χ2v) is 6.42. The molecule has 23 heavy (non-hydrogen) atoms. The van der Waals surface area contributed by atoms with Crippen molar-refractivity contribution in [3.05, 3.63) is 48.0 Å². The molecular formula is C19H23N3O. The molecule has 4 rings (SSSR count). The Kier molecular flexibility index (Phi) is 3.92. The fourth-order valence-corrected chi connectivity index (χ4v) is 3.79. The zero-order chi connectivity index (χ0) is 15.6. The minimum atomic E-state index is 0.358. The second kappa shape index (κ2) is 6.20. The van der Waals surface area contributed by atoms with Gasteiger partial charge in [-0.25, -0.2) is 0 Å². The van der Waals surface area contributed by atoms with Crippen LogP contribution >= 0.6 is 0 Å². The third-order valence-electron chi connectivity index (χ3n) is 4.98. The lowest BCUT2D eigenvalue weighted by Crippen LogP contribution is -2.47. The lowest BCUT2D eigenvalue weighted by atomic mass is 9.96. The summed E-state index contributed by atoms with van der Waals surface area (Å²) in [6, 6.07) is 15.3. The third-order valence-corrected chi connectivity index (χ3v) is 4.98. The molecule has 2 aromatic carbocycles. The van der Waals surface area contributed by atoms with Crippen molar-refractivity contribution in [2.45, 2.75) is 44.1 Å². The van der Waals surface area contributed by atoms with Crippen LogP contribution in [0.1, 0.15) is 24.8 Å². The van der Waals surface area contributed by atoms with Gasteiger partial charge in [0.05, 0.1) is 18.2 Å². The highest BCUT2D eigenvalue weighted by Gasteiger charge is 2.41. The predicted octanol–water partition coefficient (Wildman–Crippen LogP) is 2.82. The highest BCUT2D eigenvalue weighted by Crippen LogP contribution is 2.34. The number of guanidine groups is 1. The molecule has 0 aliphatic carbocycles. The topological polar surface area (TPSA) is 45.7 Å². The summed E-state index contributed by atoms with van der Waals surface area (Å²) >= 11 is 0. The molecule has 4 nitrogen and oxygen atoms in total. The molecular weight excluding hydrogens is 286 g/mol. The molecule has 0 saturated carbocycles. The standard InChI is InChI=1S/C19H23N3O/c1-20-19(22-17-11-15-9-10-18(17)23-15)21-12-14-7-4-6-13-5-2-3-8-16(13)14/h2-8,15,17-18H,9-12H2,1H3,(H2,20,21,22). The third kappa shape index (κ3) is 2.91. The van der Waals surface area contributed by atoms with E-state index < -0.39 is 0 Å². The normalized spacial score (nSPS) is 26.7. The van der Waals surface area contributed by atoms with Crippen LogP contribution in [-0.4, -0.2) is 31.3 Å². The van der Waals surface area contributed by atoms with Crippen LogP contribution in [0.4, 0.5) is 0 Å². The maximum atomic E-state index is 5.91. The van der Waals surface area contributed by atoms with Gasteiger partial charge in [0.15, 0.2) is 5.96 Å². The molecule has 2 N–H and O–H groups in total. The van der Waals surface area contributed by atoms with E-state index in [1.165, 1.54) is 29.2 Å². The number of nitrogens with zero attached hydrogens (tertiary/aromatic N) is 1. The molecule has 3 unspecified atom stereocenters. The van der Waals surface area contributed by atoms with E-state index in [9.17, 15) is 0 Å². The summed E-state index contributed by atoms with van der Waals surface area (Å²) in [6.07, 6.45) is 4.29. The lowest BCUT2D eigenvalue weighted by molar-refractivity contribution is 0.0992. The SMILES string of the molecule is CN=C(NCc1cccc2ccccc12)NC1CC2CCC1O2. The molecule has 0 amide bonds. The highest BCUT2D eigenvalue weighted by molar-refractivity contribution is 5.86. The molecule has 2 heterocycles. The second-order valence-electron chi connectivity index (χ2n) is 6.42. The maximum Gasteiger partial charge on any atom is 0.191 e. The van der Waals surface area contributed by atoms with E-state index in [-0.39, 0.29) is 0 Å². The van der Waals surface area contributed by atoms with Crippen molar-refractivity contribution >= 4 is 16.7 Å². The summed E-state index contributed by atoms with van der Waals surface area (Å²) in [5.74, 6) is 0.860. The molecule has 3 atom stereocenters.